The van der Waals surface area contributed by atoms with Gasteiger partial charge in [0.05, 0.1) is 18.2 Å². The predicted octanol–water partition coefficient (Wildman–Crippen LogP) is 0.912. The zero-order valence-electron chi connectivity index (χ0n) is 11.6. The number of carbonyl (C=O) groups is 1. The van der Waals surface area contributed by atoms with Gasteiger partial charge in [0.1, 0.15) is 0 Å². The highest BCUT2D eigenvalue weighted by molar-refractivity contribution is 6.01. The van der Waals surface area contributed by atoms with Gasteiger partial charge in [-0.15, -0.1) is 0 Å². The van der Waals surface area contributed by atoms with Crippen molar-refractivity contribution in [3.05, 3.63) is 34.9 Å². The second-order valence-electron chi connectivity index (χ2n) is 5.45. The third kappa shape index (κ3) is 2.86. The molecule has 3 atom stereocenters. The summed E-state index contributed by atoms with van der Waals surface area (Å²) in [6, 6.07) is 5.51. The van der Waals surface area contributed by atoms with Crippen molar-refractivity contribution in [3.63, 3.8) is 0 Å². The third-order valence-corrected chi connectivity index (χ3v) is 3.87. The quantitative estimate of drug-likeness (QED) is 0.796. The van der Waals surface area contributed by atoms with Crippen LogP contribution in [0.3, 0.4) is 0 Å². The lowest BCUT2D eigenvalue weighted by molar-refractivity contribution is 0.0572. The first kappa shape index (κ1) is 14.2. The molecule has 0 amide bonds. The molecule has 1 aliphatic heterocycles. The second kappa shape index (κ2) is 5.41. The Labute approximate surface area is 113 Å². The molecule has 1 heterocycles. The molecule has 3 unspecified atom stereocenters. The van der Waals surface area contributed by atoms with Gasteiger partial charge in [0.2, 0.25) is 0 Å². The Bertz CT molecular complexity index is 476. The SMILES string of the molecule is Cc1ccc(C)c(C(=O)C(C)N2CC(O)C(O)C2)c1. The van der Waals surface area contributed by atoms with Gasteiger partial charge in [-0.25, -0.2) is 0 Å². The van der Waals surface area contributed by atoms with E-state index >= 15 is 0 Å². The molecule has 104 valence electrons. The van der Waals surface area contributed by atoms with Gasteiger partial charge in [-0.2, -0.15) is 0 Å². The Balaban J connectivity index is 2.17. The van der Waals surface area contributed by atoms with Crippen molar-refractivity contribution in [2.24, 2.45) is 0 Å². The maximum atomic E-state index is 12.5. The van der Waals surface area contributed by atoms with Crippen LogP contribution in [-0.2, 0) is 0 Å². The minimum Gasteiger partial charge on any atom is -0.389 e. The Kier molecular flexibility index (Phi) is 4.04. The smallest absolute Gasteiger partial charge is 0.179 e. The number of hydrogen-bond acceptors (Lipinski definition) is 4. The normalized spacial score (nSPS) is 25.5. The van der Waals surface area contributed by atoms with Crippen LogP contribution in [0.15, 0.2) is 18.2 Å². The van der Waals surface area contributed by atoms with E-state index in [0.29, 0.717) is 13.1 Å². The maximum absolute atomic E-state index is 12.5. The summed E-state index contributed by atoms with van der Waals surface area (Å²) in [6.45, 7) is 6.41. The molecule has 1 aliphatic rings. The molecule has 0 radical (unpaired) electrons. The first-order chi connectivity index (χ1) is 8.90. The number of aliphatic hydroxyl groups excluding tert-OH is 2. The topological polar surface area (TPSA) is 60.8 Å². The van der Waals surface area contributed by atoms with Crippen LogP contribution in [-0.4, -0.2) is 52.2 Å². The van der Waals surface area contributed by atoms with Crippen LogP contribution >= 0.6 is 0 Å². The van der Waals surface area contributed by atoms with Gasteiger partial charge >= 0.3 is 0 Å². The number of ketones is 1. The zero-order valence-corrected chi connectivity index (χ0v) is 11.6. The van der Waals surface area contributed by atoms with Gasteiger partial charge in [-0.3, -0.25) is 9.69 Å². The van der Waals surface area contributed by atoms with Gasteiger partial charge in [0.25, 0.3) is 0 Å². The summed E-state index contributed by atoms with van der Waals surface area (Å²) in [5, 5.41) is 19.1. The summed E-state index contributed by atoms with van der Waals surface area (Å²) in [5.41, 5.74) is 2.74. The average molecular weight is 263 g/mol. The van der Waals surface area contributed by atoms with Crippen molar-refractivity contribution in [2.75, 3.05) is 13.1 Å². The Morgan fingerprint density at radius 1 is 1.26 bits per heavy atom. The fraction of sp³-hybridized carbons (Fsp3) is 0.533. The maximum Gasteiger partial charge on any atom is 0.179 e. The molecule has 1 saturated heterocycles. The van der Waals surface area contributed by atoms with Crippen molar-refractivity contribution < 1.29 is 15.0 Å². The molecule has 1 fully saturated rings. The highest BCUT2D eigenvalue weighted by Crippen LogP contribution is 2.19. The number of β-amino-alcohol motifs (C(OH)–C–C–N with tert-alkyl or cyclic N) is 2. The molecule has 2 rings (SSSR count). The van der Waals surface area contributed by atoms with Gasteiger partial charge < -0.3 is 10.2 Å². The first-order valence-electron chi connectivity index (χ1n) is 6.62. The molecular formula is C15H21NO3. The van der Waals surface area contributed by atoms with Gasteiger partial charge in [0, 0.05) is 18.7 Å². The van der Waals surface area contributed by atoms with Gasteiger partial charge in [0.15, 0.2) is 5.78 Å². The van der Waals surface area contributed by atoms with Crippen LogP contribution in [0, 0.1) is 13.8 Å². The highest BCUT2D eigenvalue weighted by atomic mass is 16.3. The van der Waals surface area contributed by atoms with E-state index in [9.17, 15) is 15.0 Å². The monoisotopic (exact) mass is 263 g/mol. The van der Waals surface area contributed by atoms with Crippen LogP contribution in [0.5, 0.6) is 0 Å². The lowest BCUT2D eigenvalue weighted by Crippen LogP contribution is -2.38. The number of aryl methyl sites for hydroxylation is 2. The molecular weight excluding hydrogens is 242 g/mol. The van der Waals surface area contributed by atoms with E-state index in [-0.39, 0.29) is 11.8 Å². The Morgan fingerprint density at radius 2 is 1.84 bits per heavy atom. The average Bonchev–Trinajstić information content (AvgIpc) is 2.71. The van der Waals surface area contributed by atoms with E-state index in [4.69, 9.17) is 0 Å². The lowest BCUT2D eigenvalue weighted by Gasteiger charge is -2.23. The van der Waals surface area contributed by atoms with Gasteiger partial charge in [-0.1, -0.05) is 17.7 Å². The Morgan fingerprint density at radius 3 is 2.42 bits per heavy atom. The number of rotatable bonds is 3. The van der Waals surface area contributed by atoms with E-state index in [2.05, 4.69) is 0 Å². The first-order valence-corrected chi connectivity index (χ1v) is 6.62. The van der Waals surface area contributed by atoms with Crippen molar-refractivity contribution in [3.8, 4) is 0 Å². The lowest BCUT2D eigenvalue weighted by atomic mass is 9.98. The van der Waals surface area contributed by atoms with Crippen molar-refractivity contribution in [1.29, 1.82) is 0 Å². The largest absolute Gasteiger partial charge is 0.389 e. The van der Waals surface area contributed by atoms with E-state index in [1.807, 2.05) is 43.9 Å². The number of benzene rings is 1. The molecule has 19 heavy (non-hydrogen) atoms. The van der Waals surface area contributed by atoms with Crippen molar-refractivity contribution >= 4 is 5.78 Å². The molecule has 0 aromatic heterocycles. The van der Waals surface area contributed by atoms with Crippen LogP contribution in [0.2, 0.25) is 0 Å². The molecule has 4 nitrogen and oxygen atoms in total. The van der Waals surface area contributed by atoms with Gasteiger partial charge in [-0.05, 0) is 32.4 Å². The minimum absolute atomic E-state index is 0.0440. The third-order valence-electron chi connectivity index (χ3n) is 3.87. The molecule has 4 heteroatoms. The molecule has 0 spiro atoms. The summed E-state index contributed by atoms with van der Waals surface area (Å²) in [5.74, 6) is 0.0440. The summed E-state index contributed by atoms with van der Waals surface area (Å²) >= 11 is 0. The van der Waals surface area contributed by atoms with E-state index in [1.165, 1.54) is 0 Å². The number of aliphatic hydroxyl groups is 2. The molecule has 0 saturated carbocycles. The second-order valence-corrected chi connectivity index (χ2v) is 5.45. The van der Waals surface area contributed by atoms with Crippen LogP contribution in [0.25, 0.3) is 0 Å². The highest BCUT2D eigenvalue weighted by Gasteiger charge is 2.35. The van der Waals surface area contributed by atoms with Crippen LogP contribution in [0.1, 0.15) is 28.4 Å². The number of nitrogens with zero attached hydrogens (tertiary/aromatic N) is 1. The van der Waals surface area contributed by atoms with Crippen LogP contribution in [0.4, 0.5) is 0 Å². The van der Waals surface area contributed by atoms with E-state index in [0.717, 1.165) is 16.7 Å². The van der Waals surface area contributed by atoms with Crippen molar-refractivity contribution in [1.82, 2.24) is 4.90 Å². The summed E-state index contributed by atoms with van der Waals surface area (Å²) in [6.07, 6.45) is -1.51. The molecule has 0 aliphatic carbocycles. The molecule has 2 N–H and O–H groups in total. The Hall–Kier alpha value is -1.23. The summed E-state index contributed by atoms with van der Waals surface area (Å²) in [4.78, 5) is 14.3. The number of carbonyl (C=O) groups excluding carboxylic acids is 1. The molecule has 0 bridgehead atoms. The fourth-order valence-electron chi connectivity index (χ4n) is 2.51. The molecule has 1 aromatic rings. The summed E-state index contributed by atoms with van der Waals surface area (Å²) in [7, 11) is 0. The van der Waals surface area contributed by atoms with E-state index in [1.54, 1.807) is 0 Å². The predicted molar refractivity (Wildman–Crippen MR) is 73.3 cm³/mol. The van der Waals surface area contributed by atoms with Crippen molar-refractivity contribution in [2.45, 2.75) is 39.0 Å². The summed E-state index contributed by atoms with van der Waals surface area (Å²) < 4.78 is 0. The number of hydrogen-bond donors (Lipinski definition) is 2. The molecule has 1 aromatic carbocycles. The van der Waals surface area contributed by atoms with Crippen LogP contribution < -0.4 is 0 Å². The number of Topliss-reactive ketones (excluding diaryl/α,β-unsaturated/α-hetero) is 1. The van der Waals surface area contributed by atoms with E-state index < -0.39 is 12.2 Å². The minimum atomic E-state index is -0.756. The number of likely N-dealkylation sites (tertiary alicyclic amines) is 1. The zero-order chi connectivity index (χ0) is 14.2. The fourth-order valence-corrected chi connectivity index (χ4v) is 2.51. The standard InChI is InChI=1S/C15H21NO3/c1-9-4-5-10(2)12(6-9)15(19)11(3)16-7-13(17)14(18)8-16/h4-6,11,13-14,17-18H,7-8H2,1-3H3.